The number of benzene rings is 1. The number of hydrogen-bond donors (Lipinski definition) is 1. The van der Waals surface area contributed by atoms with Gasteiger partial charge in [-0.1, -0.05) is 26.0 Å². The quantitative estimate of drug-likeness (QED) is 0.227. The molecule has 1 aromatic carbocycles. The average molecular weight is 474 g/mol. The summed E-state index contributed by atoms with van der Waals surface area (Å²) in [5.41, 5.74) is 1.88. The number of esters is 1. The van der Waals surface area contributed by atoms with Gasteiger partial charge in [0, 0.05) is 32.9 Å². The van der Waals surface area contributed by atoms with E-state index in [2.05, 4.69) is 29.0 Å². The van der Waals surface area contributed by atoms with Gasteiger partial charge in [-0.05, 0) is 25.6 Å². The van der Waals surface area contributed by atoms with Crippen LogP contribution in [0.2, 0.25) is 0 Å². The molecule has 0 bridgehead atoms. The van der Waals surface area contributed by atoms with Gasteiger partial charge >= 0.3 is 5.97 Å². The van der Waals surface area contributed by atoms with E-state index in [1.54, 1.807) is 25.3 Å². The number of carbonyl (C=O) groups is 1. The number of hydrogen-bond acceptors (Lipinski definition) is 9. The van der Waals surface area contributed by atoms with Crippen molar-refractivity contribution >= 4 is 17.6 Å². The van der Waals surface area contributed by atoms with Crippen LogP contribution in [0.15, 0.2) is 41.7 Å². The zero-order chi connectivity index (χ0) is 24.8. The van der Waals surface area contributed by atoms with Gasteiger partial charge in [-0.2, -0.15) is 0 Å². The summed E-state index contributed by atoms with van der Waals surface area (Å²) in [6.07, 6.45) is 0.836. The molecule has 1 aliphatic rings. The number of aromatic nitrogens is 2. The van der Waals surface area contributed by atoms with Crippen LogP contribution in [0.1, 0.15) is 38.1 Å². The van der Waals surface area contributed by atoms with E-state index in [0.717, 1.165) is 18.8 Å². The minimum absolute atomic E-state index is 0.0808. The standard InChI is InChI=1S/C23H31N5O6/c1-6-26(7-2)14-17-13-24-23-25-19(22(32-4)33-5)18(21(29)34-8-3)20(27(17)23)15-10-9-11-16(12-15)28(30)31/h9-13,20,22H,6-8,14H2,1-5H3,(H,24,25). The Balaban J connectivity index is 2.29. The van der Waals surface area contributed by atoms with Crippen LogP contribution in [0.5, 0.6) is 0 Å². The highest BCUT2D eigenvalue weighted by atomic mass is 16.7. The number of nitro groups is 1. The molecular formula is C23H31N5O6. The van der Waals surface area contributed by atoms with E-state index in [9.17, 15) is 14.9 Å². The summed E-state index contributed by atoms with van der Waals surface area (Å²) in [7, 11) is 2.92. The van der Waals surface area contributed by atoms with Gasteiger partial charge in [-0.3, -0.25) is 15.0 Å². The third-order valence-electron chi connectivity index (χ3n) is 5.78. The largest absolute Gasteiger partial charge is 0.463 e. The second-order valence-electron chi connectivity index (χ2n) is 7.64. The maximum atomic E-state index is 13.3. The summed E-state index contributed by atoms with van der Waals surface area (Å²) < 4.78 is 18.2. The maximum Gasteiger partial charge on any atom is 0.338 e. The van der Waals surface area contributed by atoms with Crippen LogP contribution in [-0.4, -0.2) is 65.5 Å². The lowest BCUT2D eigenvalue weighted by molar-refractivity contribution is -0.384. The van der Waals surface area contributed by atoms with Gasteiger partial charge in [0.15, 0.2) is 6.29 Å². The summed E-state index contributed by atoms with van der Waals surface area (Å²) in [4.78, 5) is 31.1. The van der Waals surface area contributed by atoms with E-state index in [0.29, 0.717) is 23.8 Å². The molecule has 0 radical (unpaired) electrons. The molecule has 2 aromatic rings. The summed E-state index contributed by atoms with van der Waals surface area (Å²) in [6.45, 7) is 8.24. The molecule has 0 aliphatic carbocycles. The normalized spacial score (nSPS) is 15.4. The van der Waals surface area contributed by atoms with Crippen molar-refractivity contribution in [2.45, 2.75) is 39.6 Å². The van der Waals surface area contributed by atoms with Crippen LogP contribution >= 0.6 is 0 Å². The zero-order valence-corrected chi connectivity index (χ0v) is 20.1. The van der Waals surface area contributed by atoms with Crippen molar-refractivity contribution in [2.75, 3.05) is 39.2 Å². The topological polar surface area (TPSA) is 121 Å². The smallest absolute Gasteiger partial charge is 0.338 e. The zero-order valence-electron chi connectivity index (χ0n) is 20.1. The summed E-state index contributed by atoms with van der Waals surface area (Å²) in [5, 5.41) is 14.7. The van der Waals surface area contributed by atoms with Crippen LogP contribution in [0.4, 0.5) is 11.6 Å². The van der Waals surface area contributed by atoms with Gasteiger partial charge in [-0.25, -0.2) is 9.78 Å². The first-order valence-electron chi connectivity index (χ1n) is 11.2. The molecule has 0 saturated carbocycles. The minimum atomic E-state index is -0.905. The number of ether oxygens (including phenoxy) is 3. The van der Waals surface area contributed by atoms with Crippen molar-refractivity contribution in [1.29, 1.82) is 0 Å². The molecule has 34 heavy (non-hydrogen) atoms. The van der Waals surface area contributed by atoms with E-state index in [-0.39, 0.29) is 17.9 Å². The van der Waals surface area contributed by atoms with Crippen LogP contribution < -0.4 is 5.32 Å². The van der Waals surface area contributed by atoms with Gasteiger partial charge in [0.2, 0.25) is 5.95 Å². The second kappa shape index (κ2) is 11.2. The lowest BCUT2D eigenvalue weighted by Gasteiger charge is -2.34. The van der Waals surface area contributed by atoms with Gasteiger partial charge in [-0.15, -0.1) is 0 Å². The SMILES string of the molecule is CCOC(=O)C1=C(C(OC)OC)Nc2ncc(CN(CC)CC)n2C1c1cccc([N+](=O)[O-])c1. The van der Waals surface area contributed by atoms with E-state index in [1.807, 2.05) is 4.57 Å². The second-order valence-corrected chi connectivity index (χ2v) is 7.64. The molecular weight excluding hydrogens is 442 g/mol. The highest BCUT2D eigenvalue weighted by Gasteiger charge is 2.39. The number of fused-ring (bicyclic) bond motifs is 1. The Labute approximate surface area is 198 Å². The molecule has 2 heterocycles. The highest BCUT2D eigenvalue weighted by Crippen LogP contribution is 2.40. The first-order valence-corrected chi connectivity index (χ1v) is 11.2. The van der Waals surface area contributed by atoms with Crippen molar-refractivity contribution in [3.05, 3.63) is 63.1 Å². The van der Waals surface area contributed by atoms with Crippen LogP contribution in [0, 0.1) is 10.1 Å². The number of methoxy groups -OCH3 is 2. The predicted molar refractivity (Wildman–Crippen MR) is 125 cm³/mol. The summed E-state index contributed by atoms with van der Waals surface area (Å²) >= 11 is 0. The van der Waals surface area contributed by atoms with Gasteiger partial charge in [0.1, 0.15) is 0 Å². The first-order chi connectivity index (χ1) is 16.4. The van der Waals surface area contributed by atoms with Crippen molar-refractivity contribution in [2.24, 2.45) is 0 Å². The minimum Gasteiger partial charge on any atom is -0.463 e. The number of carbonyl (C=O) groups excluding carboxylic acids is 1. The molecule has 11 heteroatoms. The van der Waals surface area contributed by atoms with Crippen molar-refractivity contribution in [3.63, 3.8) is 0 Å². The van der Waals surface area contributed by atoms with Crippen molar-refractivity contribution in [3.8, 4) is 0 Å². The number of imidazole rings is 1. The fourth-order valence-electron chi connectivity index (χ4n) is 4.11. The fraction of sp³-hybridized carbons (Fsp3) is 0.478. The number of non-ortho nitro benzene ring substituents is 1. The van der Waals surface area contributed by atoms with E-state index >= 15 is 0 Å². The van der Waals surface area contributed by atoms with Crippen LogP contribution in [-0.2, 0) is 25.5 Å². The Morgan fingerprint density at radius 3 is 2.56 bits per heavy atom. The third-order valence-corrected chi connectivity index (χ3v) is 5.78. The average Bonchev–Trinajstić information content (AvgIpc) is 3.24. The summed E-state index contributed by atoms with van der Waals surface area (Å²) in [5.74, 6) is -0.102. The Bertz CT molecular complexity index is 1060. The van der Waals surface area contributed by atoms with E-state index in [1.165, 1.54) is 26.4 Å². The lowest BCUT2D eigenvalue weighted by Crippen LogP contribution is -2.36. The molecule has 1 N–H and O–H groups in total. The highest BCUT2D eigenvalue weighted by molar-refractivity contribution is 5.93. The van der Waals surface area contributed by atoms with Gasteiger partial charge in [0.25, 0.3) is 5.69 Å². The Hall–Kier alpha value is -3.28. The van der Waals surface area contributed by atoms with Gasteiger partial charge in [0.05, 0.1) is 40.7 Å². The molecule has 11 nitrogen and oxygen atoms in total. The molecule has 0 saturated heterocycles. The van der Waals surface area contributed by atoms with Gasteiger partial charge < -0.3 is 24.1 Å². The van der Waals surface area contributed by atoms with E-state index in [4.69, 9.17) is 14.2 Å². The molecule has 0 fully saturated rings. The predicted octanol–water partition coefficient (Wildman–Crippen LogP) is 3.08. The number of anilines is 1. The fourth-order valence-corrected chi connectivity index (χ4v) is 4.11. The molecule has 0 amide bonds. The van der Waals surface area contributed by atoms with E-state index < -0.39 is 23.2 Å². The Morgan fingerprint density at radius 1 is 1.26 bits per heavy atom. The Morgan fingerprint density at radius 2 is 1.97 bits per heavy atom. The Kier molecular flexibility index (Phi) is 8.37. The molecule has 1 aliphatic heterocycles. The van der Waals surface area contributed by atoms with Crippen LogP contribution in [0.25, 0.3) is 0 Å². The monoisotopic (exact) mass is 473 g/mol. The molecule has 1 aromatic heterocycles. The molecule has 1 atom stereocenters. The number of nitrogens with one attached hydrogen (secondary N) is 1. The molecule has 3 rings (SSSR count). The lowest BCUT2D eigenvalue weighted by atomic mass is 9.94. The van der Waals surface area contributed by atoms with Crippen LogP contribution in [0.3, 0.4) is 0 Å². The third kappa shape index (κ3) is 4.96. The van der Waals surface area contributed by atoms with Crippen molar-refractivity contribution in [1.82, 2.24) is 14.5 Å². The first kappa shape index (κ1) is 25.3. The summed E-state index contributed by atoms with van der Waals surface area (Å²) in [6, 6.07) is 5.48. The van der Waals surface area contributed by atoms with Crippen molar-refractivity contribution < 1.29 is 23.9 Å². The molecule has 1 unspecified atom stereocenters. The number of nitro benzene ring substituents is 1. The number of rotatable bonds is 11. The molecule has 184 valence electrons. The molecule has 0 spiro atoms. The maximum absolute atomic E-state index is 13.3. The number of nitrogens with zero attached hydrogens (tertiary/aromatic N) is 4.